The minimum atomic E-state index is 0.260. The normalized spacial score (nSPS) is 15.6. The van der Waals surface area contributed by atoms with Crippen molar-refractivity contribution in [3.8, 4) is 0 Å². The number of allylic oxidation sites excluding steroid dienone is 3. The molecular weight excluding hydrogens is 157 g/mol. The van der Waals surface area contributed by atoms with Crippen LogP contribution in [0.3, 0.4) is 0 Å². The quantitative estimate of drug-likeness (QED) is 0.576. The Morgan fingerprint density at radius 2 is 2.11 bits per heavy atom. The van der Waals surface area contributed by atoms with Gasteiger partial charge in [0, 0.05) is 6.20 Å². The average molecular weight is 162 g/mol. The molecule has 0 radical (unpaired) electrons. The van der Waals surface area contributed by atoms with Crippen molar-refractivity contribution in [2.24, 2.45) is 0 Å². The zero-order chi connectivity index (χ0) is 6.69. The van der Waals surface area contributed by atoms with E-state index in [1.807, 2.05) is 12.2 Å². The highest BCUT2D eigenvalue weighted by Crippen LogP contribution is 2.14. The zero-order valence-electron chi connectivity index (χ0n) is 4.57. The van der Waals surface area contributed by atoms with Crippen LogP contribution in [0.15, 0.2) is 34.6 Å². The van der Waals surface area contributed by atoms with E-state index >= 15 is 0 Å². The van der Waals surface area contributed by atoms with Gasteiger partial charge in [-0.1, -0.05) is 29.3 Å². The lowest BCUT2D eigenvalue weighted by atomic mass is 10.3. The molecular formula is C6H5Cl2N. The van der Waals surface area contributed by atoms with Crippen LogP contribution in [0.4, 0.5) is 0 Å². The smallest absolute Gasteiger partial charge is 0.130 e. The summed E-state index contributed by atoms with van der Waals surface area (Å²) in [5, 5.41) is 2.87. The molecule has 0 bridgehead atoms. The van der Waals surface area contributed by atoms with E-state index < -0.39 is 0 Å². The fourth-order valence-corrected chi connectivity index (χ4v) is 0.746. The highest BCUT2D eigenvalue weighted by atomic mass is 35.5. The first-order valence-corrected chi connectivity index (χ1v) is 3.21. The summed E-state index contributed by atoms with van der Waals surface area (Å²) in [7, 11) is 0. The molecule has 1 nitrogen and oxygen atoms in total. The second-order valence-electron chi connectivity index (χ2n) is 1.54. The predicted molar refractivity (Wildman–Crippen MR) is 40.1 cm³/mol. The number of halogens is 2. The molecule has 3 heteroatoms. The molecule has 0 spiro atoms. The molecule has 0 saturated heterocycles. The van der Waals surface area contributed by atoms with Crippen LogP contribution in [0.1, 0.15) is 0 Å². The molecule has 0 unspecified atom stereocenters. The van der Waals surface area contributed by atoms with Crippen LogP contribution >= 0.6 is 23.2 Å². The average Bonchev–Trinajstić information content (AvgIpc) is 1.90. The maximum absolute atomic E-state index is 5.45. The first kappa shape index (κ1) is 6.72. The van der Waals surface area contributed by atoms with Crippen molar-refractivity contribution in [1.29, 1.82) is 0 Å². The van der Waals surface area contributed by atoms with Crippen molar-refractivity contribution in [2.75, 3.05) is 0 Å². The van der Waals surface area contributed by atoms with E-state index in [2.05, 4.69) is 5.32 Å². The minimum absolute atomic E-state index is 0.260. The Morgan fingerprint density at radius 3 is 2.44 bits per heavy atom. The van der Waals surface area contributed by atoms with Gasteiger partial charge in [0.15, 0.2) is 0 Å². The summed E-state index contributed by atoms with van der Waals surface area (Å²) in [5.74, 6) is 0. The lowest BCUT2D eigenvalue weighted by Gasteiger charge is -2.03. The van der Waals surface area contributed by atoms with Gasteiger partial charge < -0.3 is 5.32 Å². The van der Waals surface area contributed by atoms with Crippen molar-refractivity contribution in [3.63, 3.8) is 0 Å². The Bertz CT molecular complexity index is 187. The van der Waals surface area contributed by atoms with Gasteiger partial charge in [0.05, 0.1) is 5.70 Å². The van der Waals surface area contributed by atoms with E-state index in [4.69, 9.17) is 23.2 Å². The summed E-state index contributed by atoms with van der Waals surface area (Å²) in [6, 6.07) is 0. The number of nitrogens with one attached hydrogen (secondary N) is 1. The standard InChI is InChI=1S/C6H5Cl2N/c7-6(8)5-3-1-2-4-9-5/h1-4,9H. The van der Waals surface area contributed by atoms with E-state index in [0.29, 0.717) is 0 Å². The molecule has 0 aromatic rings. The fourth-order valence-electron chi connectivity index (χ4n) is 0.511. The second kappa shape index (κ2) is 2.95. The van der Waals surface area contributed by atoms with Crippen molar-refractivity contribution in [3.05, 3.63) is 34.6 Å². The summed E-state index contributed by atoms with van der Waals surface area (Å²) in [6.45, 7) is 0. The van der Waals surface area contributed by atoms with E-state index in [0.717, 1.165) is 5.70 Å². The van der Waals surface area contributed by atoms with Crippen molar-refractivity contribution in [1.82, 2.24) is 5.32 Å². The monoisotopic (exact) mass is 161 g/mol. The largest absolute Gasteiger partial charge is 0.360 e. The van der Waals surface area contributed by atoms with Gasteiger partial charge in [0.25, 0.3) is 0 Å². The molecule has 0 fully saturated rings. The summed E-state index contributed by atoms with van der Waals surface area (Å²) < 4.78 is 0.260. The molecule has 1 rings (SSSR count). The van der Waals surface area contributed by atoms with Crippen LogP contribution in [0.25, 0.3) is 0 Å². The number of hydrogen-bond donors (Lipinski definition) is 1. The number of rotatable bonds is 0. The van der Waals surface area contributed by atoms with Crippen molar-refractivity contribution >= 4 is 23.2 Å². The maximum atomic E-state index is 5.45. The van der Waals surface area contributed by atoms with Crippen LogP contribution in [0, 0.1) is 0 Å². The van der Waals surface area contributed by atoms with Gasteiger partial charge in [0.1, 0.15) is 4.49 Å². The van der Waals surface area contributed by atoms with Gasteiger partial charge in [-0.15, -0.1) is 0 Å². The molecule has 0 aliphatic carbocycles. The molecule has 0 atom stereocenters. The highest BCUT2D eigenvalue weighted by Gasteiger charge is 1.96. The van der Waals surface area contributed by atoms with Gasteiger partial charge in [-0.25, -0.2) is 0 Å². The second-order valence-corrected chi connectivity index (χ2v) is 2.49. The SMILES string of the molecule is ClC(Cl)=C1C=CC=CN1. The number of hydrogen-bond acceptors (Lipinski definition) is 1. The zero-order valence-corrected chi connectivity index (χ0v) is 6.08. The third kappa shape index (κ3) is 1.77. The molecule has 0 amide bonds. The van der Waals surface area contributed by atoms with Crippen LogP contribution < -0.4 is 5.32 Å². The van der Waals surface area contributed by atoms with Gasteiger partial charge in [0.2, 0.25) is 0 Å². The first-order chi connectivity index (χ1) is 4.30. The summed E-state index contributed by atoms with van der Waals surface area (Å²) in [4.78, 5) is 0. The van der Waals surface area contributed by atoms with E-state index in [1.165, 1.54) is 0 Å². The van der Waals surface area contributed by atoms with Crippen LogP contribution in [-0.2, 0) is 0 Å². The highest BCUT2D eigenvalue weighted by molar-refractivity contribution is 6.56. The summed E-state index contributed by atoms with van der Waals surface area (Å²) in [5.41, 5.74) is 0.737. The van der Waals surface area contributed by atoms with Crippen LogP contribution in [0.2, 0.25) is 0 Å². The van der Waals surface area contributed by atoms with E-state index in [1.54, 1.807) is 12.3 Å². The lowest BCUT2D eigenvalue weighted by molar-refractivity contribution is 1.10. The molecule has 1 aliphatic heterocycles. The molecule has 0 aromatic heterocycles. The van der Waals surface area contributed by atoms with Crippen molar-refractivity contribution in [2.45, 2.75) is 0 Å². The van der Waals surface area contributed by atoms with Gasteiger partial charge in [-0.2, -0.15) is 0 Å². The molecule has 48 valence electrons. The Hall–Kier alpha value is -0.400. The Labute approximate surface area is 63.6 Å². The molecule has 0 saturated carbocycles. The minimum Gasteiger partial charge on any atom is -0.360 e. The molecule has 1 aliphatic rings. The van der Waals surface area contributed by atoms with Crippen molar-refractivity contribution < 1.29 is 0 Å². The van der Waals surface area contributed by atoms with Gasteiger partial charge in [-0.3, -0.25) is 0 Å². The first-order valence-electron chi connectivity index (χ1n) is 2.46. The molecule has 1 heterocycles. The predicted octanol–water partition coefficient (Wildman–Crippen LogP) is 2.31. The Balaban J connectivity index is 2.78. The third-order valence-corrected chi connectivity index (χ3v) is 1.32. The summed E-state index contributed by atoms with van der Waals surface area (Å²) >= 11 is 10.9. The lowest BCUT2D eigenvalue weighted by Crippen LogP contribution is -2.04. The van der Waals surface area contributed by atoms with Gasteiger partial charge in [-0.05, 0) is 12.2 Å². The van der Waals surface area contributed by atoms with E-state index in [9.17, 15) is 0 Å². The van der Waals surface area contributed by atoms with Crippen LogP contribution in [-0.4, -0.2) is 0 Å². The van der Waals surface area contributed by atoms with Crippen LogP contribution in [0.5, 0.6) is 0 Å². The molecule has 0 aromatic carbocycles. The molecule has 1 N–H and O–H groups in total. The fraction of sp³-hybridized carbons (Fsp3) is 0. The number of dihydropyridines is 1. The Morgan fingerprint density at radius 1 is 1.33 bits per heavy atom. The maximum Gasteiger partial charge on any atom is 0.130 e. The molecule has 9 heavy (non-hydrogen) atoms. The third-order valence-electron chi connectivity index (χ3n) is 0.913. The topological polar surface area (TPSA) is 12.0 Å². The summed E-state index contributed by atoms with van der Waals surface area (Å²) in [6.07, 6.45) is 7.28. The van der Waals surface area contributed by atoms with E-state index in [-0.39, 0.29) is 4.49 Å². The van der Waals surface area contributed by atoms with Gasteiger partial charge >= 0.3 is 0 Å². The Kier molecular flexibility index (Phi) is 2.20.